The first-order chi connectivity index (χ1) is 13.1. The molecule has 6 heteroatoms. The third-order valence-corrected chi connectivity index (χ3v) is 4.88. The highest BCUT2D eigenvalue weighted by Gasteiger charge is 2.29. The largest absolute Gasteiger partial charge is 0.354 e. The molecular formula is C21H25N5O. The van der Waals surface area contributed by atoms with Crippen LogP contribution in [0.5, 0.6) is 0 Å². The van der Waals surface area contributed by atoms with Crippen molar-refractivity contribution in [3.63, 3.8) is 0 Å². The molecule has 1 aromatic heterocycles. The fraction of sp³-hybridized carbons (Fsp3) is 0.381. The molecule has 0 spiro atoms. The topological polar surface area (TPSA) is 63.5 Å². The molecule has 1 aliphatic rings. The number of rotatable bonds is 4. The number of aromatic nitrogens is 1. The monoisotopic (exact) mass is 363 g/mol. The van der Waals surface area contributed by atoms with E-state index in [4.69, 9.17) is 0 Å². The zero-order valence-corrected chi connectivity index (χ0v) is 15.9. The Bertz CT molecular complexity index is 815. The van der Waals surface area contributed by atoms with Gasteiger partial charge in [-0.15, -0.1) is 0 Å². The van der Waals surface area contributed by atoms with Crippen LogP contribution in [0.25, 0.3) is 0 Å². The Morgan fingerprint density at radius 3 is 2.59 bits per heavy atom. The van der Waals surface area contributed by atoms with Gasteiger partial charge in [0.2, 0.25) is 5.91 Å². The molecule has 1 amide bonds. The van der Waals surface area contributed by atoms with E-state index in [9.17, 15) is 10.1 Å². The van der Waals surface area contributed by atoms with Gasteiger partial charge in [-0.3, -0.25) is 9.69 Å². The van der Waals surface area contributed by atoms with Gasteiger partial charge in [0.05, 0.1) is 5.56 Å². The van der Waals surface area contributed by atoms with Gasteiger partial charge in [0.1, 0.15) is 17.9 Å². The van der Waals surface area contributed by atoms with E-state index in [1.807, 2.05) is 54.2 Å². The number of carbonyl (C=O) groups excluding carboxylic acids is 1. The van der Waals surface area contributed by atoms with Crippen LogP contribution >= 0.6 is 0 Å². The Kier molecular flexibility index (Phi) is 6.05. The second-order valence-corrected chi connectivity index (χ2v) is 6.93. The first-order valence-electron chi connectivity index (χ1n) is 9.22. The molecule has 1 aliphatic heterocycles. The van der Waals surface area contributed by atoms with E-state index in [0.717, 1.165) is 18.5 Å². The molecule has 27 heavy (non-hydrogen) atoms. The Morgan fingerprint density at radius 1 is 1.11 bits per heavy atom. The number of amides is 1. The minimum Gasteiger partial charge on any atom is -0.354 e. The SMILES string of the molecule is CN(C)[C@H](C(=O)N1CCCN(c2ncccc2C#N)CC1)c1ccccc1. The van der Waals surface area contributed by atoms with Crippen LogP contribution in [0.4, 0.5) is 5.82 Å². The average Bonchev–Trinajstić information content (AvgIpc) is 2.95. The van der Waals surface area contributed by atoms with Crippen LogP contribution in [-0.2, 0) is 4.79 Å². The lowest BCUT2D eigenvalue weighted by molar-refractivity contribution is -0.136. The van der Waals surface area contributed by atoms with Crippen molar-refractivity contribution in [2.24, 2.45) is 0 Å². The molecule has 2 heterocycles. The van der Waals surface area contributed by atoms with Crippen LogP contribution in [0.1, 0.15) is 23.6 Å². The normalized spacial score (nSPS) is 15.9. The summed E-state index contributed by atoms with van der Waals surface area (Å²) >= 11 is 0. The molecule has 1 aromatic carbocycles. The van der Waals surface area contributed by atoms with E-state index in [-0.39, 0.29) is 11.9 Å². The minimum absolute atomic E-state index is 0.120. The van der Waals surface area contributed by atoms with Crippen molar-refractivity contribution in [3.05, 3.63) is 59.8 Å². The summed E-state index contributed by atoms with van der Waals surface area (Å²) in [6.07, 6.45) is 2.56. The molecule has 0 N–H and O–H groups in total. The van der Waals surface area contributed by atoms with E-state index >= 15 is 0 Å². The lowest BCUT2D eigenvalue weighted by Gasteiger charge is -2.30. The summed E-state index contributed by atoms with van der Waals surface area (Å²) in [5.74, 6) is 0.830. The number of pyridine rings is 1. The number of benzene rings is 1. The number of nitrogens with zero attached hydrogens (tertiary/aromatic N) is 5. The summed E-state index contributed by atoms with van der Waals surface area (Å²) in [6, 6.07) is 15.4. The number of hydrogen-bond acceptors (Lipinski definition) is 5. The van der Waals surface area contributed by atoms with Crippen LogP contribution < -0.4 is 4.90 Å². The zero-order chi connectivity index (χ0) is 19.2. The van der Waals surface area contributed by atoms with Crippen molar-refractivity contribution in [1.29, 1.82) is 5.26 Å². The minimum atomic E-state index is -0.290. The second-order valence-electron chi connectivity index (χ2n) is 6.93. The van der Waals surface area contributed by atoms with Crippen molar-refractivity contribution < 1.29 is 4.79 Å². The molecule has 2 aromatic rings. The van der Waals surface area contributed by atoms with Gasteiger partial charge in [0.15, 0.2) is 0 Å². The zero-order valence-electron chi connectivity index (χ0n) is 15.9. The maximum absolute atomic E-state index is 13.3. The molecule has 3 rings (SSSR count). The van der Waals surface area contributed by atoms with Gasteiger partial charge in [-0.2, -0.15) is 5.26 Å². The molecule has 6 nitrogen and oxygen atoms in total. The molecule has 140 valence electrons. The summed E-state index contributed by atoms with van der Waals surface area (Å²) < 4.78 is 0. The average molecular weight is 363 g/mol. The predicted molar refractivity (Wildman–Crippen MR) is 105 cm³/mol. The molecule has 1 fully saturated rings. The van der Waals surface area contributed by atoms with Gasteiger partial charge in [0.25, 0.3) is 0 Å². The first-order valence-corrected chi connectivity index (χ1v) is 9.22. The maximum Gasteiger partial charge on any atom is 0.244 e. The van der Waals surface area contributed by atoms with Gasteiger partial charge in [-0.1, -0.05) is 30.3 Å². The van der Waals surface area contributed by atoms with E-state index in [2.05, 4.69) is 16.0 Å². The lowest BCUT2D eigenvalue weighted by Crippen LogP contribution is -2.42. The highest BCUT2D eigenvalue weighted by Crippen LogP contribution is 2.23. The molecule has 0 aliphatic carbocycles. The summed E-state index contributed by atoms with van der Waals surface area (Å²) in [5.41, 5.74) is 1.58. The first kappa shape index (κ1) is 18.9. The lowest BCUT2D eigenvalue weighted by atomic mass is 10.0. The van der Waals surface area contributed by atoms with E-state index in [0.29, 0.717) is 31.0 Å². The Labute approximate surface area is 160 Å². The molecule has 0 radical (unpaired) electrons. The maximum atomic E-state index is 13.3. The van der Waals surface area contributed by atoms with Gasteiger partial charge >= 0.3 is 0 Å². The Morgan fingerprint density at radius 2 is 1.89 bits per heavy atom. The van der Waals surface area contributed by atoms with Gasteiger partial charge in [-0.25, -0.2) is 4.98 Å². The standard InChI is InChI=1S/C21H25N5O/c1-24(2)19(17-8-4-3-5-9-17)21(27)26-13-7-12-25(14-15-26)20-18(16-22)10-6-11-23-20/h3-6,8-11,19H,7,12-15H2,1-2H3/t19-/m0/s1. The van der Waals surface area contributed by atoms with Crippen molar-refractivity contribution in [2.75, 3.05) is 45.2 Å². The fourth-order valence-electron chi connectivity index (χ4n) is 3.56. The number of carbonyl (C=O) groups is 1. The summed E-state index contributed by atoms with van der Waals surface area (Å²) in [6.45, 7) is 2.79. The Balaban J connectivity index is 1.75. The number of likely N-dealkylation sites (N-methyl/N-ethyl adjacent to an activating group) is 1. The van der Waals surface area contributed by atoms with Crippen molar-refractivity contribution in [1.82, 2.24) is 14.8 Å². The van der Waals surface area contributed by atoms with Crippen LogP contribution in [0.3, 0.4) is 0 Å². The summed E-state index contributed by atoms with van der Waals surface area (Å²) in [7, 11) is 3.87. The van der Waals surface area contributed by atoms with Crippen LogP contribution in [0.15, 0.2) is 48.7 Å². The quantitative estimate of drug-likeness (QED) is 0.834. The third kappa shape index (κ3) is 4.26. The highest BCUT2D eigenvalue weighted by atomic mass is 16.2. The van der Waals surface area contributed by atoms with Gasteiger partial charge in [-0.05, 0) is 38.2 Å². The van der Waals surface area contributed by atoms with Crippen LogP contribution in [-0.4, -0.2) is 61.0 Å². The second kappa shape index (κ2) is 8.65. The fourth-order valence-corrected chi connectivity index (χ4v) is 3.56. The van der Waals surface area contributed by atoms with Gasteiger partial charge in [0, 0.05) is 32.4 Å². The van der Waals surface area contributed by atoms with Crippen molar-refractivity contribution in [2.45, 2.75) is 12.5 Å². The summed E-state index contributed by atoms with van der Waals surface area (Å²) in [5, 5.41) is 9.33. The number of nitriles is 1. The molecule has 0 unspecified atom stereocenters. The molecule has 1 atom stereocenters. The molecule has 1 saturated heterocycles. The van der Waals surface area contributed by atoms with E-state index in [1.165, 1.54) is 0 Å². The van der Waals surface area contributed by atoms with E-state index in [1.54, 1.807) is 18.3 Å². The third-order valence-electron chi connectivity index (χ3n) is 4.88. The summed E-state index contributed by atoms with van der Waals surface area (Å²) in [4.78, 5) is 23.7. The predicted octanol–water partition coefficient (Wildman–Crippen LogP) is 2.29. The highest BCUT2D eigenvalue weighted by molar-refractivity contribution is 5.83. The van der Waals surface area contributed by atoms with Crippen molar-refractivity contribution in [3.8, 4) is 6.07 Å². The van der Waals surface area contributed by atoms with Crippen LogP contribution in [0, 0.1) is 11.3 Å². The Hall–Kier alpha value is -2.91. The van der Waals surface area contributed by atoms with E-state index < -0.39 is 0 Å². The van der Waals surface area contributed by atoms with Crippen molar-refractivity contribution >= 4 is 11.7 Å². The number of anilines is 1. The molecule has 0 saturated carbocycles. The van der Waals surface area contributed by atoms with Crippen LogP contribution in [0.2, 0.25) is 0 Å². The smallest absolute Gasteiger partial charge is 0.244 e. The molecule has 0 bridgehead atoms. The molecular weight excluding hydrogens is 338 g/mol. The van der Waals surface area contributed by atoms with Gasteiger partial charge < -0.3 is 9.80 Å². The number of hydrogen-bond donors (Lipinski definition) is 0.